The number of amides is 1. The van der Waals surface area contributed by atoms with Crippen LogP contribution in [0.2, 0.25) is 0 Å². The van der Waals surface area contributed by atoms with Crippen molar-refractivity contribution < 1.29 is 9.59 Å². The molecule has 6 nitrogen and oxygen atoms in total. The van der Waals surface area contributed by atoms with Gasteiger partial charge in [-0.3, -0.25) is 14.5 Å². The van der Waals surface area contributed by atoms with E-state index >= 15 is 0 Å². The molecule has 172 valence electrons. The number of aryl methyl sites for hydroxylation is 4. The van der Waals surface area contributed by atoms with Crippen LogP contribution in [0.5, 0.6) is 0 Å². The third-order valence-corrected chi connectivity index (χ3v) is 7.17. The summed E-state index contributed by atoms with van der Waals surface area (Å²) in [6.45, 7) is 8.07. The summed E-state index contributed by atoms with van der Waals surface area (Å²) in [6.07, 6.45) is 6.03. The van der Waals surface area contributed by atoms with E-state index in [9.17, 15) is 9.59 Å². The van der Waals surface area contributed by atoms with Gasteiger partial charge in [-0.15, -0.1) is 0 Å². The van der Waals surface area contributed by atoms with Crippen LogP contribution in [0.25, 0.3) is 5.65 Å². The number of carbonyl (C=O) groups is 2. The molecule has 3 aromatic rings. The van der Waals surface area contributed by atoms with Crippen molar-refractivity contribution in [2.45, 2.75) is 52.5 Å². The second-order valence-electron chi connectivity index (χ2n) is 9.49. The minimum atomic E-state index is 0.0787. The molecule has 1 saturated heterocycles. The Kier molecular flexibility index (Phi) is 6.02. The van der Waals surface area contributed by atoms with Crippen LogP contribution in [0.4, 0.5) is 0 Å². The first-order valence-corrected chi connectivity index (χ1v) is 12.1. The highest BCUT2D eigenvalue weighted by atomic mass is 16.2. The van der Waals surface area contributed by atoms with Crippen LogP contribution < -0.4 is 0 Å². The SMILES string of the molecule is Cc1ccn2c(CN3CCN(C(=O)CCC(=O)c4ccc5c(c4)CCC5)CC3)c(C)nc2c1. The summed E-state index contributed by atoms with van der Waals surface area (Å²) < 4.78 is 2.17. The van der Waals surface area contributed by atoms with E-state index < -0.39 is 0 Å². The molecule has 1 aliphatic heterocycles. The van der Waals surface area contributed by atoms with Crippen LogP contribution in [-0.2, 0) is 24.2 Å². The van der Waals surface area contributed by atoms with E-state index in [2.05, 4.69) is 47.5 Å². The minimum Gasteiger partial charge on any atom is -0.340 e. The topological polar surface area (TPSA) is 57.9 Å². The largest absolute Gasteiger partial charge is 0.340 e. The number of aromatic nitrogens is 2. The zero-order chi connectivity index (χ0) is 22.9. The second kappa shape index (κ2) is 9.10. The fourth-order valence-corrected chi connectivity index (χ4v) is 5.14. The molecule has 5 rings (SSSR count). The Morgan fingerprint density at radius 3 is 2.55 bits per heavy atom. The molecule has 0 spiro atoms. The van der Waals surface area contributed by atoms with Crippen LogP contribution in [-0.4, -0.2) is 57.1 Å². The smallest absolute Gasteiger partial charge is 0.223 e. The maximum Gasteiger partial charge on any atom is 0.223 e. The number of piperazine rings is 1. The Morgan fingerprint density at radius 1 is 0.939 bits per heavy atom. The van der Waals surface area contributed by atoms with Crippen molar-refractivity contribution >= 4 is 17.3 Å². The lowest BCUT2D eigenvalue weighted by molar-refractivity contribution is -0.133. The fourth-order valence-electron chi connectivity index (χ4n) is 5.14. The molecular weight excluding hydrogens is 412 g/mol. The van der Waals surface area contributed by atoms with Crippen molar-refractivity contribution in [1.29, 1.82) is 0 Å². The van der Waals surface area contributed by atoms with Crippen LogP contribution >= 0.6 is 0 Å². The maximum atomic E-state index is 12.7. The molecule has 2 aliphatic rings. The minimum absolute atomic E-state index is 0.0787. The van der Waals surface area contributed by atoms with Gasteiger partial charge in [0, 0.05) is 57.3 Å². The molecule has 0 N–H and O–H groups in total. The summed E-state index contributed by atoms with van der Waals surface area (Å²) in [5.74, 6) is 0.167. The molecule has 2 aromatic heterocycles. The molecule has 6 heteroatoms. The summed E-state index contributed by atoms with van der Waals surface area (Å²) in [4.78, 5) is 34.4. The van der Waals surface area contributed by atoms with Gasteiger partial charge in [0.2, 0.25) is 5.91 Å². The quantitative estimate of drug-likeness (QED) is 0.544. The van der Waals surface area contributed by atoms with E-state index in [4.69, 9.17) is 4.98 Å². The summed E-state index contributed by atoms with van der Waals surface area (Å²) in [5.41, 5.74) is 7.90. The summed E-state index contributed by atoms with van der Waals surface area (Å²) in [6, 6.07) is 10.3. The highest BCUT2D eigenvalue weighted by Crippen LogP contribution is 2.24. The Bertz CT molecular complexity index is 1200. The molecule has 0 atom stereocenters. The number of nitrogens with zero attached hydrogens (tertiary/aromatic N) is 4. The number of Topliss-reactive ketones (excluding diaryl/α,β-unsaturated/α-hetero) is 1. The molecule has 0 bridgehead atoms. The van der Waals surface area contributed by atoms with E-state index in [1.165, 1.54) is 28.8 Å². The molecule has 0 unspecified atom stereocenters. The molecule has 1 fully saturated rings. The van der Waals surface area contributed by atoms with Gasteiger partial charge in [0.15, 0.2) is 5.78 Å². The normalized spacial score (nSPS) is 16.4. The average molecular weight is 445 g/mol. The number of ketones is 1. The van der Waals surface area contributed by atoms with Crippen LogP contribution in [0.1, 0.15) is 57.7 Å². The highest BCUT2D eigenvalue weighted by Gasteiger charge is 2.23. The first kappa shape index (κ1) is 21.8. The molecule has 1 aliphatic carbocycles. The monoisotopic (exact) mass is 444 g/mol. The first-order valence-electron chi connectivity index (χ1n) is 12.1. The predicted octanol–water partition coefficient (Wildman–Crippen LogP) is 3.75. The summed E-state index contributed by atoms with van der Waals surface area (Å²) in [5, 5.41) is 0. The van der Waals surface area contributed by atoms with Crippen molar-refractivity contribution in [3.63, 3.8) is 0 Å². The number of pyridine rings is 1. The van der Waals surface area contributed by atoms with Crippen molar-refractivity contribution in [2.24, 2.45) is 0 Å². The maximum absolute atomic E-state index is 12.7. The molecule has 33 heavy (non-hydrogen) atoms. The molecule has 1 aromatic carbocycles. The van der Waals surface area contributed by atoms with Crippen molar-refractivity contribution in [2.75, 3.05) is 26.2 Å². The number of benzene rings is 1. The third-order valence-electron chi connectivity index (χ3n) is 7.17. The van der Waals surface area contributed by atoms with Gasteiger partial charge in [0.05, 0.1) is 11.4 Å². The molecule has 3 heterocycles. The summed E-state index contributed by atoms with van der Waals surface area (Å²) in [7, 11) is 0. The number of imidazole rings is 1. The first-order chi connectivity index (χ1) is 16.0. The number of carbonyl (C=O) groups excluding carboxylic acids is 2. The number of rotatable bonds is 6. The van der Waals surface area contributed by atoms with Crippen LogP contribution in [0.15, 0.2) is 36.5 Å². The van der Waals surface area contributed by atoms with Crippen molar-refractivity contribution in [3.8, 4) is 0 Å². The molecule has 0 radical (unpaired) electrons. The van der Waals surface area contributed by atoms with Gasteiger partial charge < -0.3 is 9.30 Å². The lowest BCUT2D eigenvalue weighted by Crippen LogP contribution is -2.48. The van der Waals surface area contributed by atoms with Gasteiger partial charge in [-0.2, -0.15) is 0 Å². The van der Waals surface area contributed by atoms with Crippen LogP contribution in [0.3, 0.4) is 0 Å². The van der Waals surface area contributed by atoms with Gasteiger partial charge in [-0.25, -0.2) is 4.98 Å². The second-order valence-corrected chi connectivity index (χ2v) is 9.49. The Balaban J connectivity index is 1.12. The van der Waals surface area contributed by atoms with Gasteiger partial charge in [-0.05, 0) is 68.0 Å². The third kappa shape index (κ3) is 4.58. The van der Waals surface area contributed by atoms with E-state index in [1.54, 1.807) is 0 Å². The standard InChI is InChI=1S/C27H32N4O2/c1-19-10-11-31-24(20(2)28-26(31)16-19)18-29-12-14-30(15-13-29)27(33)9-8-25(32)23-7-6-21-4-3-5-22(21)17-23/h6-7,10-11,16-17H,3-5,8-9,12-15,18H2,1-2H3. The zero-order valence-corrected chi connectivity index (χ0v) is 19.6. The van der Waals surface area contributed by atoms with E-state index in [0.717, 1.165) is 49.4 Å². The molecule has 0 saturated carbocycles. The molecule has 1 amide bonds. The highest BCUT2D eigenvalue weighted by molar-refractivity contribution is 5.98. The van der Waals surface area contributed by atoms with Crippen molar-refractivity contribution in [3.05, 3.63) is 70.2 Å². The Labute approximate surface area is 195 Å². The van der Waals surface area contributed by atoms with Gasteiger partial charge in [-0.1, -0.05) is 12.1 Å². The van der Waals surface area contributed by atoms with E-state index in [-0.39, 0.29) is 18.1 Å². The number of fused-ring (bicyclic) bond motifs is 2. The van der Waals surface area contributed by atoms with Gasteiger partial charge >= 0.3 is 0 Å². The predicted molar refractivity (Wildman–Crippen MR) is 129 cm³/mol. The summed E-state index contributed by atoms with van der Waals surface area (Å²) >= 11 is 0. The zero-order valence-electron chi connectivity index (χ0n) is 19.6. The Morgan fingerprint density at radius 2 is 1.73 bits per heavy atom. The van der Waals surface area contributed by atoms with Crippen molar-refractivity contribution in [1.82, 2.24) is 19.2 Å². The fraction of sp³-hybridized carbons (Fsp3) is 0.444. The number of hydrogen-bond acceptors (Lipinski definition) is 4. The molecular formula is C27H32N4O2. The Hall–Kier alpha value is -2.99. The van der Waals surface area contributed by atoms with Gasteiger partial charge in [0.1, 0.15) is 5.65 Å². The average Bonchev–Trinajstić information content (AvgIpc) is 3.41. The van der Waals surface area contributed by atoms with E-state index in [0.29, 0.717) is 19.5 Å². The lowest BCUT2D eigenvalue weighted by Gasteiger charge is -2.34. The lowest BCUT2D eigenvalue weighted by atomic mass is 10.0. The number of hydrogen-bond donors (Lipinski definition) is 0. The van der Waals surface area contributed by atoms with Gasteiger partial charge in [0.25, 0.3) is 0 Å². The van der Waals surface area contributed by atoms with E-state index in [1.807, 2.05) is 17.0 Å². The van der Waals surface area contributed by atoms with Crippen LogP contribution in [0, 0.1) is 13.8 Å².